The first kappa shape index (κ1) is 10.7. The maximum Gasteiger partial charge on any atom is 0.123 e. The fourth-order valence-electron chi connectivity index (χ4n) is 1.42. The normalized spacial score (nSPS) is 11.9. The lowest BCUT2D eigenvalue weighted by molar-refractivity contribution is 0.408. The van der Waals surface area contributed by atoms with Gasteiger partial charge in [0.1, 0.15) is 5.75 Å². The fraction of sp³-hybridized carbons (Fsp3) is 0.385. The van der Waals surface area contributed by atoms with E-state index in [0.717, 1.165) is 11.3 Å². The number of terminal acetylenes is 1. The maximum atomic E-state index is 5.41. The third-order valence-electron chi connectivity index (χ3n) is 2.56. The molecule has 0 heterocycles. The van der Waals surface area contributed by atoms with E-state index in [9.17, 15) is 0 Å². The van der Waals surface area contributed by atoms with Crippen LogP contribution in [0.1, 0.15) is 29.5 Å². The molecule has 0 spiro atoms. The number of hydrogen-bond acceptors (Lipinski definition) is 1. The first-order valence-electron chi connectivity index (χ1n) is 4.71. The zero-order valence-electron chi connectivity index (χ0n) is 9.22. The molecule has 74 valence electrons. The molecule has 14 heavy (non-hydrogen) atoms. The molecule has 0 N–H and O–H groups in total. The Morgan fingerprint density at radius 2 is 1.86 bits per heavy atom. The van der Waals surface area contributed by atoms with E-state index in [0.29, 0.717) is 0 Å². The zero-order valence-corrected chi connectivity index (χ0v) is 9.22. The van der Waals surface area contributed by atoms with E-state index < -0.39 is 0 Å². The van der Waals surface area contributed by atoms with Crippen molar-refractivity contribution in [2.75, 3.05) is 7.11 Å². The average Bonchev–Trinajstić information content (AvgIpc) is 2.20. The quantitative estimate of drug-likeness (QED) is 0.648. The molecule has 0 radical (unpaired) electrons. The van der Waals surface area contributed by atoms with E-state index in [4.69, 9.17) is 11.2 Å². The lowest BCUT2D eigenvalue weighted by atomic mass is 9.96. The van der Waals surface area contributed by atoms with E-state index >= 15 is 0 Å². The molecule has 1 rings (SSSR count). The monoisotopic (exact) mass is 188 g/mol. The Kier molecular flexibility index (Phi) is 3.19. The molecule has 0 aromatic heterocycles. The van der Waals surface area contributed by atoms with Crippen molar-refractivity contribution in [1.82, 2.24) is 0 Å². The van der Waals surface area contributed by atoms with Crippen LogP contribution >= 0.6 is 0 Å². The minimum atomic E-state index is 0.101. The third-order valence-corrected chi connectivity index (χ3v) is 2.56. The third kappa shape index (κ3) is 1.90. The van der Waals surface area contributed by atoms with Crippen LogP contribution < -0.4 is 4.74 Å². The average molecular weight is 188 g/mol. The predicted octanol–water partition coefficient (Wildman–Crippen LogP) is 3.05. The summed E-state index contributed by atoms with van der Waals surface area (Å²) >= 11 is 0. The van der Waals surface area contributed by atoms with Crippen LogP contribution in [0.5, 0.6) is 5.75 Å². The summed E-state index contributed by atoms with van der Waals surface area (Å²) in [7, 11) is 1.68. The Hall–Kier alpha value is -1.42. The smallest absolute Gasteiger partial charge is 0.123 e. The lowest BCUT2D eigenvalue weighted by Crippen LogP contribution is -1.97. The molecular weight excluding hydrogens is 172 g/mol. The van der Waals surface area contributed by atoms with Crippen LogP contribution in [0.15, 0.2) is 12.1 Å². The molecule has 0 saturated carbocycles. The SMILES string of the molecule is C#CC(C)c1cc(C)c(C)cc1OC. The van der Waals surface area contributed by atoms with Gasteiger partial charge in [0.25, 0.3) is 0 Å². The molecule has 1 heteroatoms. The zero-order chi connectivity index (χ0) is 10.7. The van der Waals surface area contributed by atoms with Crippen LogP contribution in [0.2, 0.25) is 0 Å². The second-order valence-electron chi connectivity index (χ2n) is 3.57. The highest BCUT2D eigenvalue weighted by Crippen LogP contribution is 2.28. The highest BCUT2D eigenvalue weighted by Gasteiger charge is 2.10. The molecule has 0 bridgehead atoms. The first-order valence-corrected chi connectivity index (χ1v) is 4.71. The van der Waals surface area contributed by atoms with Gasteiger partial charge in [-0.3, -0.25) is 0 Å². The van der Waals surface area contributed by atoms with Gasteiger partial charge in [-0.05, 0) is 38.0 Å². The molecule has 0 aliphatic rings. The van der Waals surface area contributed by atoms with E-state index in [-0.39, 0.29) is 5.92 Å². The Labute approximate surface area is 86.1 Å². The number of aryl methyl sites for hydroxylation is 2. The minimum absolute atomic E-state index is 0.101. The Bertz CT molecular complexity index is 372. The summed E-state index contributed by atoms with van der Waals surface area (Å²) in [6.07, 6.45) is 5.41. The molecular formula is C13H16O. The second-order valence-corrected chi connectivity index (χ2v) is 3.57. The molecule has 1 nitrogen and oxygen atoms in total. The minimum Gasteiger partial charge on any atom is -0.496 e. The topological polar surface area (TPSA) is 9.23 Å². The van der Waals surface area contributed by atoms with Crippen LogP contribution in [0.25, 0.3) is 0 Å². The first-order chi connectivity index (χ1) is 6.60. The number of benzene rings is 1. The Balaban J connectivity index is 3.28. The number of rotatable bonds is 2. The van der Waals surface area contributed by atoms with E-state index in [1.54, 1.807) is 7.11 Å². The van der Waals surface area contributed by atoms with Gasteiger partial charge in [-0.15, -0.1) is 6.42 Å². The van der Waals surface area contributed by atoms with Gasteiger partial charge in [-0.2, -0.15) is 0 Å². The summed E-state index contributed by atoms with van der Waals surface area (Å²) in [4.78, 5) is 0. The predicted molar refractivity (Wildman–Crippen MR) is 59.7 cm³/mol. The number of hydrogen-bond donors (Lipinski definition) is 0. The van der Waals surface area contributed by atoms with Gasteiger partial charge in [-0.25, -0.2) is 0 Å². The van der Waals surface area contributed by atoms with Crippen LogP contribution in [0.3, 0.4) is 0 Å². The highest BCUT2D eigenvalue weighted by molar-refractivity contribution is 5.45. The number of methoxy groups -OCH3 is 1. The number of ether oxygens (including phenoxy) is 1. The van der Waals surface area contributed by atoms with E-state index in [2.05, 4.69) is 25.8 Å². The Morgan fingerprint density at radius 3 is 2.36 bits per heavy atom. The molecule has 1 aromatic carbocycles. The van der Waals surface area contributed by atoms with Gasteiger partial charge in [0.15, 0.2) is 0 Å². The summed E-state index contributed by atoms with van der Waals surface area (Å²) in [5, 5.41) is 0. The van der Waals surface area contributed by atoms with Gasteiger partial charge in [-0.1, -0.05) is 12.0 Å². The second kappa shape index (κ2) is 4.19. The van der Waals surface area contributed by atoms with Gasteiger partial charge in [0.05, 0.1) is 7.11 Å². The van der Waals surface area contributed by atoms with Gasteiger partial charge < -0.3 is 4.74 Å². The van der Waals surface area contributed by atoms with Crippen LogP contribution in [0.4, 0.5) is 0 Å². The van der Waals surface area contributed by atoms with Crippen LogP contribution in [-0.2, 0) is 0 Å². The molecule has 1 aromatic rings. The molecule has 1 atom stereocenters. The van der Waals surface area contributed by atoms with Crippen molar-refractivity contribution in [3.05, 3.63) is 28.8 Å². The van der Waals surface area contributed by atoms with E-state index in [1.165, 1.54) is 11.1 Å². The van der Waals surface area contributed by atoms with Crippen molar-refractivity contribution in [2.45, 2.75) is 26.7 Å². The van der Waals surface area contributed by atoms with Crippen LogP contribution in [-0.4, -0.2) is 7.11 Å². The molecule has 0 saturated heterocycles. The standard InChI is InChI=1S/C13H16O/c1-6-9(2)12-7-10(3)11(4)8-13(12)14-5/h1,7-9H,2-5H3. The summed E-state index contributed by atoms with van der Waals surface area (Å²) in [6, 6.07) is 4.15. The molecule has 0 fully saturated rings. The lowest BCUT2D eigenvalue weighted by Gasteiger charge is -2.13. The molecule has 0 aliphatic heterocycles. The van der Waals surface area contributed by atoms with Crippen molar-refractivity contribution >= 4 is 0 Å². The molecule has 1 unspecified atom stereocenters. The summed E-state index contributed by atoms with van der Waals surface area (Å²) < 4.78 is 5.31. The fourth-order valence-corrected chi connectivity index (χ4v) is 1.42. The maximum absolute atomic E-state index is 5.41. The van der Waals surface area contributed by atoms with Crippen molar-refractivity contribution in [2.24, 2.45) is 0 Å². The van der Waals surface area contributed by atoms with E-state index in [1.807, 2.05) is 13.0 Å². The van der Waals surface area contributed by atoms with Crippen molar-refractivity contribution < 1.29 is 4.74 Å². The van der Waals surface area contributed by atoms with Crippen molar-refractivity contribution in [3.63, 3.8) is 0 Å². The van der Waals surface area contributed by atoms with Crippen molar-refractivity contribution in [3.8, 4) is 18.1 Å². The van der Waals surface area contributed by atoms with Gasteiger partial charge in [0, 0.05) is 11.5 Å². The summed E-state index contributed by atoms with van der Waals surface area (Å²) in [5.74, 6) is 3.71. The Morgan fingerprint density at radius 1 is 1.29 bits per heavy atom. The van der Waals surface area contributed by atoms with Gasteiger partial charge >= 0.3 is 0 Å². The van der Waals surface area contributed by atoms with Gasteiger partial charge in [0.2, 0.25) is 0 Å². The largest absolute Gasteiger partial charge is 0.496 e. The highest BCUT2D eigenvalue weighted by atomic mass is 16.5. The van der Waals surface area contributed by atoms with Crippen molar-refractivity contribution in [1.29, 1.82) is 0 Å². The summed E-state index contributed by atoms with van der Waals surface area (Å²) in [6.45, 7) is 6.16. The summed E-state index contributed by atoms with van der Waals surface area (Å²) in [5.41, 5.74) is 3.58. The molecule has 0 amide bonds. The van der Waals surface area contributed by atoms with Crippen LogP contribution in [0, 0.1) is 26.2 Å². The molecule has 0 aliphatic carbocycles.